The number of hydrogen-bond donors (Lipinski definition) is 3. The van der Waals surface area contributed by atoms with Crippen molar-refractivity contribution in [2.24, 2.45) is 15.5 Å². The fourth-order valence-electron chi connectivity index (χ4n) is 1.29. The maximum absolute atomic E-state index is 8.62. The Balaban J connectivity index is 4.40. The fourth-order valence-corrected chi connectivity index (χ4v) is 1.29. The monoisotopic (exact) mass is 244 g/mol. The predicted octanol–water partition coefficient (Wildman–Crippen LogP) is 1.23. The van der Waals surface area contributed by atoms with Crippen LogP contribution in [0.3, 0.4) is 0 Å². The average Bonchev–Trinajstić information content (AvgIpc) is 2.34. The van der Waals surface area contributed by atoms with Gasteiger partial charge in [0, 0.05) is 26.1 Å². The summed E-state index contributed by atoms with van der Waals surface area (Å²) < 4.78 is 0. The van der Waals surface area contributed by atoms with Crippen LogP contribution in [-0.4, -0.2) is 57.3 Å². The number of nitrogens with zero attached hydrogens (tertiary/aromatic N) is 4. The minimum Gasteiger partial charge on any atom is -0.411 e. The van der Waals surface area contributed by atoms with Gasteiger partial charge in [-0.25, -0.2) is 0 Å². The summed E-state index contributed by atoms with van der Waals surface area (Å²) >= 11 is 0. The Hall–Kier alpha value is -1.63. The van der Waals surface area contributed by atoms with Gasteiger partial charge in [0.15, 0.2) is 0 Å². The topological polar surface area (TPSA) is 101 Å². The molecule has 0 unspecified atom stereocenters. The van der Waals surface area contributed by atoms with Crippen molar-refractivity contribution in [2.45, 2.75) is 27.2 Å². The lowest BCUT2D eigenvalue weighted by molar-refractivity contribution is 0.297. The lowest BCUT2D eigenvalue weighted by Crippen LogP contribution is -2.34. The molecule has 0 spiro atoms. The smallest absolute Gasteiger partial charge is 0.0680 e. The van der Waals surface area contributed by atoms with E-state index in [1.54, 1.807) is 20.8 Å². The second kappa shape index (κ2) is 8.51. The summed E-state index contributed by atoms with van der Waals surface area (Å²) in [4.78, 5) is 1.93. The van der Waals surface area contributed by atoms with Crippen molar-refractivity contribution in [1.29, 1.82) is 0 Å². The Bertz CT molecular complexity index is 293. The van der Waals surface area contributed by atoms with Gasteiger partial charge < -0.3 is 15.6 Å². The molecule has 0 rings (SSSR count). The highest BCUT2D eigenvalue weighted by molar-refractivity contribution is 5.86. The van der Waals surface area contributed by atoms with Crippen LogP contribution in [0, 0.1) is 0 Å². The Kier molecular flexibility index (Phi) is 7.70. The summed E-state index contributed by atoms with van der Waals surface area (Å²) in [5.74, 6) is 0. The zero-order valence-electron chi connectivity index (χ0n) is 10.5. The molecule has 0 amide bonds. The first kappa shape index (κ1) is 15.4. The third-order valence-corrected chi connectivity index (χ3v) is 2.21. The van der Waals surface area contributed by atoms with Crippen LogP contribution in [0.4, 0.5) is 0 Å². The number of rotatable bonds is 7. The van der Waals surface area contributed by atoms with Crippen molar-refractivity contribution >= 4 is 17.1 Å². The molecule has 7 heteroatoms. The molecule has 7 nitrogen and oxygen atoms in total. The van der Waals surface area contributed by atoms with E-state index in [0.717, 1.165) is 0 Å². The zero-order valence-corrected chi connectivity index (χ0v) is 10.5. The first-order valence-electron chi connectivity index (χ1n) is 5.28. The van der Waals surface area contributed by atoms with Crippen molar-refractivity contribution in [3.63, 3.8) is 0 Å². The van der Waals surface area contributed by atoms with Gasteiger partial charge in [-0.15, -0.1) is 0 Å². The molecule has 0 atom stereocenters. The molecular weight excluding hydrogens is 224 g/mol. The number of hydrogen-bond acceptors (Lipinski definition) is 7. The molecule has 0 aliphatic carbocycles. The lowest BCUT2D eigenvalue weighted by atomic mass is 10.2. The van der Waals surface area contributed by atoms with Gasteiger partial charge in [0.05, 0.1) is 17.1 Å². The first-order valence-corrected chi connectivity index (χ1v) is 5.28. The van der Waals surface area contributed by atoms with Gasteiger partial charge in [-0.05, 0) is 20.8 Å². The van der Waals surface area contributed by atoms with E-state index in [1.807, 2.05) is 4.90 Å². The van der Waals surface area contributed by atoms with Crippen LogP contribution in [-0.2, 0) is 0 Å². The first-order chi connectivity index (χ1) is 8.03. The maximum atomic E-state index is 8.62. The molecule has 3 N–H and O–H groups in total. The highest BCUT2D eigenvalue weighted by Crippen LogP contribution is 1.96. The number of oxime groups is 3. The lowest BCUT2D eigenvalue weighted by Gasteiger charge is -2.20. The van der Waals surface area contributed by atoms with Crippen LogP contribution >= 0.6 is 0 Å². The third kappa shape index (κ3) is 7.29. The third-order valence-electron chi connectivity index (χ3n) is 2.21. The predicted molar refractivity (Wildman–Crippen MR) is 65.7 cm³/mol. The molecule has 0 fully saturated rings. The minimum absolute atomic E-state index is 0.460. The highest BCUT2D eigenvalue weighted by Gasteiger charge is 2.09. The standard InChI is InChI=1S/C10H20N4O3/c1-8(11-15)4-5-14(6-9(2)12-16)7-10(3)13-17/h15-17H,4-7H2,1-3H3/b11-8+,12-9-,13-10+. The van der Waals surface area contributed by atoms with Gasteiger partial charge in [-0.1, -0.05) is 15.5 Å². The van der Waals surface area contributed by atoms with Crippen molar-refractivity contribution in [1.82, 2.24) is 4.90 Å². The van der Waals surface area contributed by atoms with E-state index in [9.17, 15) is 0 Å². The molecule has 0 aromatic heterocycles. The Morgan fingerprint density at radius 3 is 1.59 bits per heavy atom. The summed E-state index contributed by atoms with van der Waals surface area (Å²) in [6.45, 7) is 6.66. The van der Waals surface area contributed by atoms with Crippen LogP contribution < -0.4 is 0 Å². The molecular formula is C10H20N4O3. The van der Waals surface area contributed by atoms with Crippen molar-refractivity contribution in [3.8, 4) is 0 Å². The molecule has 0 aliphatic rings. The Labute approximate surface area is 101 Å². The maximum Gasteiger partial charge on any atom is 0.0680 e. The van der Waals surface area contributed by atoms with Crippen molar-refractivity contribution in [3.05, 3.63) is 0 Å². The Morgan fingerprint density at radius 2 is 1.24 bits per heavy atom. The summed E-state index contributed by atoms with van der Waals surface area (Å²) in [6.07, 6.45) is 0.591. The molecule has 17 heavy (non-hydrogen) atoms. The van der Waals surface area contributed by atoms with E-state index in [2.05, 4.69) is 15.5 Å². The largest absolute Gasteiger partial charge is 0.411 e. The van der Waals surface area contributed by atoms with Gasteiger partial charge in [-0.3, -0.25) is 4.90 Å². The Morgan fingerprint density at radius 1 is 0.824 bits per heavy atom. The van der Waals surface area contributed by atoms with Gasteiger partial charge in [-0.2, -0.15) is 0 Å². The van der Waals surface area contributed by atoms with E-state index >= 15 is 0 Å². The normalized spacial score (nSPS) is 14.5. The minimum atomic E-state index is 0.460. The van der Waals surface area contributed by atoms with E-state index in [0.29, 0.717) is 43.2 Å². The van der Waals surface area contributed by atoms with Crippen LogP contribution in [0.5, 0.6) is 0 Å². The zero-order chi connectivity index (χ0) is 13.3. The molecule has 98 valence electrons. The van der Waals surface area contributed by atoms with E-state index < -0.39 is 0 Å². The van der Waals surface area contributed by atoms with Gasteiger partial charge in [0.1, 0.15) is 0 Å². The molecule has 0 bridgehead atoms. The van der Waals surface area contributed by atoms with Gasteiger partial charge in [0.25, 0.3) is 0 Å². The molecule has 0 aliphatic heterocycles. The second-order valence-electron chi connectivity index (χ2n) is 3.97. The summed E-state index contributed by atoms with van der Waals surface area (Å²) in [6, 6.07) is 0. The summed E-state index contributed by atoms with van der Waals surface area (Å²) in [5, 5.41) is 35.1. The van der Waals surface area contributed by atoms with Gasteiger partial charge >= 0.3 is 0 Å². The molecule has 0 saturated heterocycles. The van der Waals surface area contributed by atoms with Crippen LogP contribution in [0.2, 0.25) is 0 Å². The quantitative estimate of drug-likeness (QED) is 0.356. The van der Waals surface area contributed by atoms with E-state index in [1.165, 1.54) is 0 Å². The molecule has 0 aromatic carbocycles. The van der Waals surface area contributed by atoms with Gasteiger partial charge in [0.2, 0.25) is 0 Å². The molecule has 0 heterocycles. The van der Waals surface area contributed by atoms with Crippen molar-refractivity contribution in [2.75, 3.05) is 19.6 Å². The highest BCUT2D eigenvalue weighted by atomic mass is 16.4. The van der Waals surface area contributed by atoms with Crippen LogP contribution in [0.25, 0.3) is 0 Å². The SMILES string of the molecule is C/C(CN(CC/C(C)=N/O)C/C(C)=N/O)=N/O. The summed E-state index contributed by atoms with van der Waals surface area (Å²) in [5.41, 5.74) is 1.75. The molecule has 0 radical (unpaired) electrons. The van der Waals surface area contributed by atoms with E-state index in [-0.39, 0.29) is 0 Å². The molecule has 0 saturated carbocycles. The van der Waals surface area contributed by atoms with E-state index in [4.69, 9.17) is 15.6 Å². The average molecular weight is 244 g/mol. The van der Waals surface area contributed by atoms with Crippen LogP contribution in [0.1, 0.15) is 27.2 Å². The fraction of sp³-hybridized carbons (Fsp3) is 0.700. The summed E-state index contributed by atoms with van der Waals surface area (Å²) in [7, 11) is 0. The van der Waals surface area contributed by atoms with Crippen molar-refractivity contribution < 1.29 is 15.6 Å². The molecule has 0 aromatic rings. The van der Waals surface area contributed by atoms with Crippen LogP contribution in [0.15, 0.2) is 15.5 Å². The second-order valence-corrected chi connectivity index (χ2v) is 3.97.